The van der Waals surface area contributed by atoms with Crippen molar-refractivity contribution in [3.05, 3.63) is 29.8 Å². The smallest absolute Gasteiger partial charge is 0.147 e. The summed E-state index contributed by atoms with van der Waals surface area (Å²) in [5.41, 5.74) is 2.30. The number of rotatable bonds is 2. The van der Waals surface area contributed by atoms with E-state index in [2.05, 4.69) is 22.0 Å². The van der Waals surface area contributed by atoms with E-state index >= 15 is 0 Å². The molecule has 0 saturated carbocycles. The first-order valence-electron chi connectivity index (χ1n) is 6.44. The van der Waals surface area contributed by atoms with Crippen LogP contribution in [0.4, 0.5) is 10.1 Å². The lowest BCUT2D eigenvalue weighted by atomic mass is 10.0. The topological polar surface area (TPSA) is 24.8 Å². The number of para-hydroxylation sites is 1. The van der Waals surface area contributed by atoms with Crippen LogP contribution >= 0.6 is 0 Å². The van der Waals surface area contributed by atoms with Crippen molar-refractivity contribution in [2.24, 2.45) is 4.99 Å². The Kier molecular flexibility index (Phi) is 3.28. The summed E-state index contributed by atoms with van der Waals surface area (Å²) in [5.74, 6) is 0.570. The number of alkyl halides is 1. The van der Waals surface area contributed by atoms with Gasteiger partial charge in [-0.15, -0.1) is 0 Å². The number of amidine groups is 1. The van der Waals surface area contributed by atoms with E-state index in [-0.39, 0.29) is 0 Å². The van der Waals surface area contributed by atoms with Crippen molar-refractivity contribution in [2.45, 2.75) is 25.4 Å². The Morgan fingerprint density at radius 2 is 2.06 bits per heavy atom. The zero-order valence-electron chi connectivity index (χ0n) is 10.3. The molecule has 3 nitrogen and oxygen atoms in total. The van der Waals surface area contributed by atoms with Gasteiger partial charge in [0.2, 0.25) is 0 Å². The van der Waals surface area contributed by atoms with Gasteiger partial charge in [-0.25, -0.2) is 4.39 Å². The number of nitrogens with zero attached hydrogens (tertiary/aromatic N) is 2. The summed E-state index contributed by atoms with van der Waals surface area (Å²) in [6, 6.07) is 8.47. The molecule has 1 aromatic rings. The third kappa shape index (κ3) is 2.01. The fourth-order valence-electron chi connectivity index (χ4n) is 2.73. The second-order valence-electron chi connectivity index (χ2n) is 4.71. The quantitative estimate of drug-likeness (QED) is 0.803. The molecule has 0 N–H and O–H groups in total. The van der Waals surface area contributed by atoms with Gasteiger partial charge in [0, 0.05) is 24.9 Å². The summed E-state index contributed by atoms with van der Waals surface area (Å²) in [6.45, 7) is 1.60. The van der Waals surface area contributed by atoms with Crippen molar-refractivity contribution in [3.8, 4) is 0 Å². The van der Waals surface area contributed by atoms with E-state index < -0.39 is 6.67 Å². The van der Waals surface area contributed by atoms with Crippen LogP contribution in [0.1, 0.15) is 18.4 Å². The normalized spacial score (nSPS) is 20.5. The zero-order valence-corrected chi connectivity index (χ0v) is 10.3. The molecule has 1 saturated heterocycles. The molecule has 0 unspecified atom stereocenters. The number of fused-ring (bicyclic) bond motifs is 1. The van der Waals surface area contributed by atoms with Gasteiger partial charge in [-0.2, -0.15) is 0 Å². The predicted octanol–water partition coefficient (Wildman–Crippen LogP) is 2.55. The highest BCUT2D eigenvalue weighted by molar-refractivity contribution is 6.01. The van der Waals surface area contributed by atoms with Gasteiger partial charge >= 0.3 is 0 Å². The summed E-state index contributed by atoms with van der Waals surface area (Å²) in [7, 11) is 0. The van der Waals surface area contributed by atoms with Crippen LogP contribution in [0, 0.1) is 0 Å². The summed E-state index contributed by atoms with van der Waals surface area (Å²) < 4.78 is 18.6. The molecule has 0 atom stereocenters. The van der Waals surface area contributed by atoms with Gasteiger partial charge < -0.3 is 9.64 Å². The highest BCUT2D eigenvalue weighted by Gasteiger charge is 2.29. The van der Waals surface area contributed by atoms with Gasteiger partial charge in [0.25, 0.3) is 0 Å². The van der Waals surface area contributed by atoms with Gasteiger partial charge in [-0.05, 0) is 24.5 Å². The van der Waals surface area contributed by atoms with Gasteiger partial charge in [0.05, 0.1) is 6.54 Å². The zero-order chi connectivity index (χ0) is 12.4. The van der Waals surface area contributed by atoms with E-state index in [1.807, 2.05) is 12.1 Å². The van der Waals surface area contributed by atoms with Crippen molar-refractivity contribution in [1.82, 2.24) is 0 Å². The van der Waals surface area contributed by atoms with E-state index in [0.29, 0.717) is 18.4 Å². The Bertz CT molecular complexity index is 455. The number of halogens is 1. The lowest BCUT2D eigenvalue weighted by molar-refractivity contribution is 0.0868. The van der Waals surface area contributed by atoms with Gasteiger partial charge in [0.15, 0.2) is 0 Å². The van der Waals surface area contributed by atoms with Crippen LogP contribution in [0.25, 0.3) is 0 Å². The lowest BCUT2D eigenvalue weighted by Gasteiger charge is -2.38. The molecule has 18 heavy (non-hydrogen) atoms. The van der Waals surface area contributed by atoms with Crippen LogP contribution < -0.4 is 4.90 Å². The van der Waals surface area contributed by atoms with Gasteiger partial charge in [-0.1, -0.05) is 18.2 Å². The Labute approximate surface area is 106 Å². The largest absolute Gasteiger partial charge is 0.381 e. The first kappa shape index (κ1) is 11.7. The number of hydrogen-bond acceptors (Lipinski definition) is 3. The number of aliphatic imine (C=N–C) groups is 1. The minimum atomic E-state index is -0.494. The summed E-state index contributed by atoms with van der Waals surface area (Å²) in [5, 5.41) is 0. The summed E-state index contributed by atoms with van der Waals surface area (Å²) >= 11 is 0. The van der Waals surface area contributed by atoms with Crippen molar-refractivity contribution >= 4 is 11.5 Å². The van der Waals surface area contributed by atoms with Crippen molar-refractivity contribution in [1.29, 1.82) is 0 Å². The molecule has 2 aliphatic rings. The highest BCUT2D eigenvalue weighted by atomic mass is 19.1. The van der Waals surface area contributed by atoms with Crippen LogP contribution in [0.2, 0.25) is 0 Å². The molecule has 3 rings (SSSR count). The molecule has 0 amide bonds. The van der Waals surface area contributed by atoms with Crippen LogP contribution in [0.5, 0.6) is 0 Å². The van der Waals surface area contributed by atoms with Crippen molar-refractivity contribution in [3.63, 3.8) is 0 Å². The Balaban J connectivity index is 1.96. The Hall–Kier alpha value is -1.42. The number of hydrogen-bond donors (Lipinski definition) is 0. The number of ether oxygens (including phenoxy) is 1. The maximum atomic E-state index is 13.2. The standard InChI is InChI=1S/C14H17FN2O/c15-9-14-16-10-11-3-1-2-4-13(11)17(14)12-5-7-18-8-6-12/h1-4,12H,5-10H2. The van der Waals surface area contributed by atoms with E-state index in [1.54, 1.807) is 0 Å². The third-order valence-electron chi connectivity index (χ3n) is 3.64. The molecule has 4 heteroatoms. The predicted molar refractivity (Wildman–Crippen MR) is 69.9 cm³/mol. The van der Waals surface area contributed by atoms with Crippen LogP contribution in [0.15, 0.2) is 29.3 Å². The minimum Gasteiger partial charge on any atom is -0.381 e. The number of anilines is 1. The fourth-order valence-corrected chi connectivity index (χ4v) is 2.73. The Morgan fingerprint density at radius 1 is 1.28 bits per heavy atom. The summed E-state index contributed by atoms with van der Waals surface area (Å²) in [4.78, 5) is 6.46. The Morgan fingerprint density at radius 3 is 2.83 bits per heavy atom. The second kappa shape index (κ2) is 5.06. The monoisotopic (exact) mass is 248 g/mol. The van der Waals surface area contributed by atoms with E-state index in [1.165, 1.54) is 5.56 Å². The highest BCUT2D eigenvalue weighted by Crippen LogP contribution is 2.30. The minimum absolute atomic E-state index is 0.315. The molecule has 1 fully saturated rings. The maximum absolute atomic E-state index is 13.2. The SMILES string of the molecule is FCC1=NCc2ccccc2N1C1CCOCC1. The fraction of sp³-hybridized carbons (Fsp3) is 0.500. The molecule has 0 bridgehead atoms. The van der Waals surface area contributed by atoms with E-state index in [9.17, 15) is 4.39 Å². The molecule has 96 valence electrons. The molecule has 0 aliphatic carbocycles. The van der Waals surface area contributed by atoms with Crippen LogP contribution in [-0.2, 0) is 11.3 Å². The maximum Gasteiger partial charge on any atom is 0.147 e. The summed E-state index contributed by atoms with van der Waals surface area (Å²) in [6.07, 6.45) is 1.88. The lowest BCUT2D eigenvalue weighted by Crippen LogP contribution is -2.46. The van der Waals surface area contributed by atoms with E-state index in [4.69, 9.17) is 4.74 Å². The molecular formula is C14H17FN2O. The van der Waals surface area contributed by atoms with Crippen LogP contribution in [-0.4, -0.2) is 31.8 Å². The molecule has 0 radical (unpaired) electrons. The first-order valence-corrected chi connectivity index (χ1v) is 6.44. The number of benzene rings is 1. The van der Waals surface area contributed by atoms with E-state index in [0.717, 1.165) is 31.7 Å². The first-order chi connectivity index (χ1) is 8.90. The van der Waals surface area contributed by atoms with Crippen molar-refractivity contribution in [2.75, 3.05) is 24.8 Å². The average Bonchev–Trinajstić information content (AvgIpc) is 2.47. The molecule has 2 aliphatic heterocycles. The molecule has 2 heterocycles. The van der Waals surface area contributed by atoms with Crippen molar-refractivity contribution < 1.29 is 9.13 Å². The third-order valence-corrected chi connectivity index (χ3v) is 3.64. The second-order valence-corrected chi connectivity index (χ2v) is 4.71. The van der Waals surface area contributed by atoms with Crippen LogP contribution in [0.3, 0.4) is 0 Å². The molecular weight excluding hydrogens is 231 g/mol. The molecule has 0 spiro atoms. The van der Waals surface area contributed by atoms with Gasteiger partial charge in [-0.3, -0.25) is 4.99 Å². The average molecular weight is 248 g/mol. The molecule has 0 aromatic heterocycles. The van der Waals surface area contributed by atoms with Gasteiger partial charge in [0.1, 0.15) is 12.5 Å². The molecule has 1 aromatic carbocycles.